The lowest BCUT2D eigenvalue weighted by Gasteiger charge is -2.57. The number of carbonyl (C=O) groups excluding carboxylic acids is 1. The van der Waals surface area contributed by atoms with Gasteiger partial charge in [0.25, 0.3) is 0 Å². The van der Waals surface area contributed by atoms with Gasteiger partial charge in [-0.3, -0.25) is 4.79 Å². The number of nitrogens with zero attached hydrogens (tertiary/aromatic N) is 1. The van der Waals surface area contributed by atoms with Crippen LogP contribution in [0.5, 0.6) is 0 Å². The summed E-state index contributed by atoms with van der Waals surface area (Å²) in [6, 6.07) is 2.06. The highest BCUT2D eigenvalue weighted by atomic mass is 32.2. The predicted octanol–water partition coefficient (Wildman–Crippen LogP) is 4.41. The minimum atomic E-state index is -3.56. The van der Waals surface area contributed by atoms with Gasteiger partial charge in [-0.1, -0.05) is 6.07 Å². The molecule has 1 aromatic rings. The SMILES string of the molecule is Cc1cc(C)c(C)c(S(=O)(=O)N2CCC(C(=O)NC34CC5CC(CC(C5)C3)C4)CC2)c1C. The second-order valence-corrected chi connectivity index (χ2v) is 13.3. The topological polar surface area (TPSA) is 66.5 Å². The first-order valence-corrected chi connectivity index (χ1v) is 13.9. The number of hydrogen-bond donors (Lipinski definition) is 1. The van der Waals surface area contributed by atoms with E-state index in [1.807, 2.05) is 27.7 Å². The van der Waals surface area contributed by atoms with Gasteiger partial charge in [0.1, 0.15) is 0 Å². The Bertz CT molecular complexity index is 976. The Balaban J connectivity index is 1.26. The maximum atomic E-state index is 13.5. The summed E-state index contributed by atoms with van der Waals surface area (Å²) in [5.41, 5.74) is 3.74. The highest BCUT2D eigenvalue weighted by molar-refractivity contribution is 7.89. The fraction of sp³-hybridized carbons (Fsp3) is 0.731. The second kappa shape index (κ2) is 7.83. The normalized spacial score (nSPS) is 32.9. The monoisotopic (exact) mass is 458 g/mol. The molecule has 32 heavy (non-hydrogen) atoms. The summed E-state index contributed by atoms with van der Waals surface area (Å²) in [7, 11) is -3.56. The van der Waals surface area contributed by atoms with Crippen LogP contribution in [0.15, 0.2) is 11.0 Å². The van der Waals surface area contributed by atoms with E-state index in [4.69, 9.17) is 0 Å². The molecule has 1 N–H and O–H groups in total. The average Bonchev–Trinajstić information content (AvgIpc) is 2.71. The largest absolute Gasteiger partial charge is 0.350 e. The molecule has 4 saturated carbocycles. The maximum Gasteiger partial charge on any atom is 0.243 e. The van der Waals surface area contributed by atoms with Crippen molar-refractivity contribution in [1.82, 2.24) is 9.62 Å². The summed E-state index contributed by atoms with van der Waals surface area (Å²) in [6.45, 7) is 8.60. The average molecular weight is 459 g/mol. The van der Waals surface area contributed by atoms with Gasteiger partial charge in [0.05, 0.1) is 4.90 Å². The van der Waals surface area contributed by atoms with E-state index in [2.05, 4.69) is 11.4 Å². The Morgan fingerprint density at radius 3 is 1.84 bits per heavy atom. The highest BCUT2D eigenvalue weighted by Crippen LogP contribution is 2.55. The van der Waals surface area contributed by atoms with Gasteiger partial charge in [0.15, 0.2) is 0 Å². The molecule has 1 aromatic carbocycles. The Kier molecular flexibility index (Phi) is 5.48. The molecule has 0 atom stereocenters. The molecule has 5 aliphatic rings. The van der Waals surface area contributed by atoms with Gasteiger partial charge in [-0.05, 0) is 119 Å². The van der Waals surface area contributed by atoms with E-state index < -0.39 is 10.0 Å². The fourth-order valence-electron chi connectivity index (χ4n) is 7.68. The molecular weight excluding hydrogens is 420 g/mol. The first kappa shape index (κ1) is 22.4. The molecule has 0 spiro atoms. The van der Waals surface area contributed by atoms with E-state index in [1.54, 1.807) is 4.31 Å². The molecule has 1 heterocycles. The third kappa shape index (κ3) is 3.71. The first-order chi connectivity index (χ1) is 15.1. The molecule has 1 amide bonds. The third-order valence-electron chi connectivity index (χ3n) is 9.15. The highest BCUT2D eigenvalue weighted by Gasteiger charge is 2.52. The van der Waals surface area contributed by atoms with Crippen molar-refractivity contribution >= 4 is 15.9 Å². The Morgan fingerprint density at radius 1 is 0.906 bits per heavy atom. The minimum absolute atomic E-state index is 0.0301. The van der Waals surface area contributed by atoms with Gasteiger partial charge >= 0.3 is 0 Å². The molecule has 176 valence electrons. The van der Waals surface area contributed by atoms with Gasteiger partial charge in [-0.25, -0.2) is 8.42 Å². The van der Waals surface area contributed by atoms with Gasteiger partial charge in [-0.15, -0.1) is 0 Å². The van der Waals surface area contributed by atoms with E-state index in [0.29, 0.717) is 30.8 Å². The van der Waals surface area contributed by atoms with E-state index in [1.165, 1.54) is 19.3 Å². The van der Waals surface area contributed by atoms with Crippen LogP contribution < -0.4 is 5.32 Å². The number of carbonyl (C=O) groups is 1. The third-order valence-corrected chi connectivity index (χ3v) is 11.3. The molecule has 6 rings (SSSR count). The summed E-state index contributed by atoms with van der Waals surface area (Å²) >= 11 is 0. The molecule has 0 radical (unpaired) electrons. The zero-order valence-electron chi connectivity index (χ0n) is 20.0. The van der Waals surface area contributed by atoms with Crippen LogP contribution in [0.2, 0.25) is 0 Å². The summed E-state index contributed by atoms with van der Waals surface area (Å²) < 4.78 is 28.7. The molecule has 4 aliphatic carbocycles. The molecule has 5 nitrogen and oxygen atoms in total. The van der Waals surface area contributed by atoms with E-state index >= 15 is 0 Å². The van der Waals surface area contributed by atoms with Crippen molar-refractivity contribution in [2.45, 2.75) is 89.5 Å². The van der Waals surface area contributed by atoms with Crippen LogP contribution in [-0.4, -0.2) is 37.3 Å². The van der Waals surface area contributed by atoms with Crippen LogP contribution >= 0.6 is 0 Å². The summed E-state index contributed by atoms with van der Waals surface area (Å²) in [5, 5.41) is 3.51. The lowest BCUT2D eigenvalue weighted by molar-refractivity contribution is -0.132. The molecule has 6 heteroatoms. The Labute approximate surface area is 193 Å². The van der Waals surface area contributed by atoms with Gasteiger partial charge < -0.3 is 5.32 Å². The summed E-state index contributed by atoms with van der Waals surface area (Å²) in [4.78, 5) is 13.7. The number of hydrogen-bond acceptors (Lipinski definition) is 3. The molecule has 0 unspecified atom stereocenters. The lowest BCUT2D eigenvalue weighted by Crippen LogP contribution is -2.61. The number of rotatable bonds is 4. The molecule has 1 aliphatic heterocycles. The first-order valence-electron chi connectivity index (χ1n) is 12.5. The van der Waals surface area contributed by atoms with Crippen LogP contribution in [0.25, 0.3) is 0 Å². The zero-order valence-corrected chi connectivity index (χ0v) is 20.9. The molecular formula is C26H38N2O3S. The molecule has 1 saturated heterocycles. The second-order valence-electron chi connectivity index (χ2n) is 11.5. The van der Waals surface area contributed by atoms with Crippen molar-refractivity contribution < 1.29 is 13.2 Å². The van der Waals surface area contributed by atoms with Crippen LogP contribution in [0.3, 0.4) is 0 Å². The number of amides is 1. The minimum Gasteiger partial charge on any atom is -0.350 e. The van der Waals surface area contributed by atoms with Crippen LogP contribution in [0.1, 0.15) is 73.6 Å². The summed E-state index contributed by atoms with van der Waals surface area (Å²) in [5.74, 6) is 2.51. The number of sulfonamides is 1. The lowest BCUT2D eigenvalue weighted by atomic mass is 9.53. The Hall–Kier alpha value is -1.40. The van der Waals surface area contributed by atoms with E-state index in [-0.39, 0.29) is 17.4 Å². The van der Waals surface area contributed by atoms with Crippen molar-refractivity contribution in [3.8, 4) is 0 Å². The van der Waals surface area contributed by atoms with Gasteiger partial charge in [0, 0.05) is 24.5 Å². The molecule has 4 bridgehead atoms. The van der Waals surface area contributed by atoms with Crippen molar-refractivity contribution in [2.75, 3.05) is 13.1 Å². The van der Waals surface area contributed by atoms with Crippen LogP contribution in [0, 0.1) is 51.4 Å². The standard InChI is InChI=1S/C26H38N2O3S/c1-16-9-17(2)19(4)24(18(16)3)32(30,31)28-7-5-23(6-8-28)25(29)27-26-13-20-10-21(14-26)12-22(11-20)15-26/h9,20-23H,5-8,10-15H2,1-4H3,(H,27,29). The van der Waals surface area contributed by atoms with Crippen LogP contribution in [-0.2, 0) is 14.8 Å². The fourth-order valence-corrected chi connectivity index (χ4v) is 9.73. The smallest absolute Gasteiger partial charge is 0.243 e. The van der Waals surface area contributed by atoms with Gasteiger partial charge in [0.2, 0.25) is 15.9 Å². The number of benzene rings is 1. The molecule has 0 aromatic heterocycles. The summed E-state index contributed by atoms with van der Waals surface area (Å²) in [6.07, 6.45) is 8.78. The quantitative estimate of drug-likeness (QED) is 0.727. The Morgan fingerprint density at radius 2 is 1.38 bits per heavy atom. The van der Waals surface area contributed by atoms with Gasteiger partial charge in [-0.2, -0.15) is 4.31 Å². The van der Waals surface area contributed by atoms with Crippen LogP contribution in [0.4, 0.5) is 0 Å². The van der Waals surface area contributed by atoms with E-state index in [0.717, 1.165) is 59.3 Å². The van der Waals surface area contributed by atoms with Crippen molar-refractivity contribution in [3.63, 3.8) is 0 Å². The number of aryl methyl sites for hydroxylation is 2. The van der Waals surface area contributed by atoms with Crippen molar-refractivity contribution in [2.24, 2.45) is 23.7 Å². The predicted molar refractivity (Wildman–Crippen MR) is 126 cm³/mol. The zero-order chi connectivity index (χ0) is 22.8. The van der Waals surface area contributed by atoms with Crippen molar-refractivity contribution in [3.05, 3.63) is 28.3 Å². The molecule has 5 fully saturated rings. The number of piperidine rings is 1. The number of nitrogens with one attached hydrogen (secondary N) is 1. The van der Waals surface area contributed by atoms with Crippen molar-refractivity contribution in [1.29, 1.82) is 0 Å². The maximum absolute atomic E-state index is 13.5. The van der Waals surface area contributed by atoms with E-state index in [9.17, 15) is 13.2 Å².